The Morgan fingerprint density at radius 1 is 1.31 bits per heavy atom. The molecule has 1 rings (SSSR count). The second-order valence-electron chi connectivity index (χ2n) is 3.94. The van der Waals surface area contributed by atoms with Crippen LogP contribution in [-0.4, -0.2) is 54.3 Å². The van der Waals surface area contributed by atoms with Crippen LogP contribution in [0.4, 0.5) is 0 Å². The Morgan fingerprint density at radius 2 is 1.85 bits per heavy atom. The molecule has 0 aromatic heterocycles. The summed E-state index contributed by atoms with van der Waals surface area (Å²) in [6.45, 7) is 12.5. The number of carbonyl (C=O) groups excluding carboxylic acids is 1. The van der Waals surface area contributed by atoms with Gasteiger partial charge in [-0.15, -0.1) is 0 Å². The van der Waals surface area contributed by atoms with Gasteiger partial charge in [0, 0.05) is 39.1 Å². The van der Waals surface area contributed by atoms with E-state index in [1.807, 2.05) is 0 Å². The number of ketones is 1. The van der Waals surface area contributed by atoms with Crippen molar-refractivity contribution in [1.82, 2.24) is 9.80 Å². The Morgan fingerprint density at radius 3 is 2.23 bits per heavy atom. The molecule has 75 valence electrons. The maximum Gasteiger partial charge on any atom is 0.147 e. The van der Waals surface area contributed by atoms with Gasteiger partial charge in [0.1, 0.15) is 5.78 Å². The van der Waals surface area contributed by atoms with Gasteiger partial charge >= 0.3 is 0 Å². The molecule has 0 bridgehead atoms. The van der Waals surface area contributed by atoms with E-state index in [9.17, 15) is 4.79 Å². The Balaban J connectivity index is 2.26. The normalized spacial score (nSPS) is 20.9. The average molecular weight is 183 g/mol. The van der Waals surface area contributed by atoms with Crippen molar-refractivity contribution < 1.29 is 4.79 Å². The van der Waals surface area contributed by atoms with Crippen LogP contribution in [0.5, 0.6) is 0 Å². The first-order valence-electron chi connectivity index (χ1n) is 4.91. The highest BCUT2D eigenvalue weighted by molar-refractivity contribution is 5.84. The average Bonchev–Trinajstić information content (AvgIpc) is 2.04. The third-order valence-electron chi connectivity index (χ3n) is 2.54. The second-order valence-corrected chi connectivity index (χ2v) is 3.94. The molecular weight excluding hydrogens is 164 g/mol. The van der Waals surface area contributed by atoms with Gasteiger partial charge in [0.15, 0.2) is 0 Å². The minimum absolute atomic E-state index is 0.0259. The fraction of sp³-hybridized carbons (Fsp3) is 0.800. The molecule has 1 aliphatic rings. The van der Waals surface area contributed by atoms with Crippen LogP contribution in [0.15, 0.2) is 0 Å². The topological polar surface area (TPSA) is 23.6 Å². The van der Waals surface area contributed by atoms with Crippen molar-refractivity contribution in [3.8, 4) is 0 Å². The van der Waals surface area contributed by atoms with Gasteiger partial charge in [-0.3, -0.25) is 14.6 Å². The van der Waals surface area contributed by atoms with Crippen LogP contribution in [-0.2, 0) is 4.79 Å². The second kappa shape index (κ2) is 4.72. The molecule has 1 heterocycles. The van der Waals surface area contributed by atoms with Crippen LogP contribution in [0.1, 0.15) is 13.8 Å². The molecule has 1 radical (unpaired) electrons. The van der Waals surface area contributed by atoms with Gasteiger partial charge in [0.2, 0.25) is 0 Å². The van der Waals surface area contributed by atoms with Gasteiger partial charge < -0.3 is 0 Å². The van der Waals surface area contributed by atoms with Crippen molar-refractivity contribution in [2.24, 2.45) is 0 Å². The van der Waals surface area contributed by atoms with Crippen LogP contribution < -0.4 is 0 Å². The predicted octanol–water partition coefficient (Wildman–Crippen LogP) is 0.416. The minimum atomic E-state index is 0.0259. The summed E-state index contributed by atoms with van der Waals surface area (Å²) in [5.41, 5.74) is 0. The first kappa shape index (κ1) is 10.7. The van der Waals surface area contributed by atoms with Crippen molar-refractivity contribution in [3.05, 3.63) is 6.92 Å². The molecule has 0 aromatic carbocycles. The largest absolute Gasteiger partial charge is 0.298 e. The quantitative estimate of drug-likeness (QED) is 0.633. The van der Waals surface area contributed by atoms with Crippen LogP contribution in [0.2, 0.25) is 0 Å². The number of Topliss-reactive ketones (excluding diaryl/α,β-unsaturated/α-hetero) is 1. The standard InChI is InChI=1S/C10H19N2O/c1-9(2)12-6-4-11(5-7-12)8-10(3)13/h9H,3-8H2,1-2H3. The summed E-state index contributed by atoms with van der Waals surface area (Å²) in [5.74, 6) is 0.0259. The van der Waals surface area contributed by atoms with Crippen LogP contribution in [0, 0.1) is 6.92 Å². The lowest BCUT2D eigenvalue weighted by atomic mass is 10.2. The number of piperazine rings is 1. The van der Waals surface area contributed by atoms with Gasteiger partial charge in [-0.05, 0) is 13.8 Å². The summed E-state index contributed by atoms with van der Waals surface area (Å²) in [5, 5.41) is 0. The molecule has 1 saturated heterocycles. The molecule has 1 aliphatic heterocycles. The molecule has 0 atom stereocenters. The fourth-order valence-electron chi connectivity index (χ4n) is 1.69. The summed E-state index contributed by atoms with van der Waals surface area (Å²) >= 11 is 0. The van der Waals surface area contributed by atoms with Crippen LogP contribution in [0.25, 0.3) is 0 Å². The lowest BCUT2D eigenvalue weighted by molar-refractivity contribution is -0.116. The van der Waals surface area contributed by atoms with Crippen molar-refractivity contribution >= 4 is 5.78 Å². The van der Waals surface area contributed by atoms with E-state index in [0.717, 1.165) is 26.2 Å². The summed E-state index contributed by atoms with van der Waals surface area (Å²) in [6.07, 6.45) is 0. The lowest BCUT2D eigenvalue weighted by Crippen LogP contribution is -2.49. The van der Waals surface area contributed by atoms with Crippen molar-refractivity contribution in [2.45, 2.75) is 19.9 Å². The molecule has 0 spiro atoms. The van der Waals surface area contributed by atoms with E-state index in [2.05, 4.69) is 30.6 Å². The summed E-state index contributed by atoms with van der Waals surface area (Å²) in [4.78, 5) is 15.4. The van der Waals surface area contributed by atoms with Crippen LogP contribution >= 0.6 is 0 Å². The SMILES string of the molecule is [CH2]C(=O)CN1CCN(C(C)C)CC1. The van der Waals surface area contributed by atoms with Gasteiger partial charge in [-0.1, -0.05) is 0 Å². The van der Waals surface area contributed by atoms with E-state index in [0.29, 0.717) is 12.6 Å². The van der Waals surface area contributed by atoms with Gasteiger partial charge in [0.25, 0.3) is 0 Å². The zero-order chi connectivity index (χ0) is 9.84. The van der Waals surface area contributed by atoms with E-state index >= 15 is 0 Å². The number of carbonyl (C=O) groups is 1. The molecule has 0 aliphatic carbocycles. The van der Waals surface area contributed by atoms with Gasteiger partial charge in [-0.2, -0.15) is 0 Å². The van der Waals surface area contributed by atoms with Crippen LogP contribution in [0.3, 0.4) is 0 Å². The number of hydrogen-bond donors (Lipinski definition) is 0. The predicted molar refractivity (Wildman–Crippen MR) is 53.5 cm³/mol. The zero-order valence-corrected chi connectivity index (χ0v) is 8.62. The summed E-state index contributed by atoms with van der Waals surface area (Å²) in [7, 11) is 0. The van der Waals surface area contributed by atoms with Gasteiger partial charge in [-0.25, -0.2) is 0 Å². The summed E-state index contributed by atoms with van der Waals surface area (Å²) < 4.78 is 0. The van der Waals surface area contributed by atoms with Crippen molar-refractivity contribution in [2.75, 3.05) is 32.7 Å². The van der Waals surface area contributed by atoms with E-state index in [4.69, 9.17) is 0 Å². The molecule has 1 fully saturated rings. The zero-order valence-electron chi connectivity index (χ0n) is 8.62. The maximum atomic E-state index is 10.8. The summed E-state index contributed by atoms with van der Waals surface area (Å²) in [6, 6.07) is 0.623. The number of nitrogens with zero attached hydrogens (tertiary/aromatic N) is 2. The first-order valence-corrected chi connectivity index (χ1v) is 4.91. The molecule has 3 nitrogen and oxygen atoms in total. The Hall–Kier alpha value is -0.410. The first-order chi connectivity index (χ1) is 6.09. The van der Waals surface area contributed by atoms with E-state index in [1.165, 1.54) is 0 Å². The van der Waals surface area contributed by atoms with E-state index in [1.54, 1.807) is 0 Å². The monoisotopic (exact) mass is 183 g/mol. The Kier molecular flexibility index (Phi) is 3.88. The Labute approximate surface area is 80.7 Å². The number of rotatable bonds is 3. The molecule has 0 aromatic rings. The fourth-order valence-corrected chi connectivity index (χ4v) is 1.69. The molecule has 0 amide bonds. The van der Waals surface area contributed by atoms with Crippen molar-refractivity contribution in [1.29, 1.82) is 0 Å². The van der Waals surface area contributed by atoms with E-state index < -0.39 is 0 Å². The minimum Gasteiger partial charge on any atom is -0.298 e. The highest BCUT2D eigenvalue weighted by Gasteiger charge is 2.18. The Bertz CT molecular complexity index is 172. The lowest BCUT2D eigenvalue weighted by Gasteiger charge is -2.36. The van der Waals surface area contributed by atoms with Crippen molar-refractivity contribution in [3.63, 3.8) is 0 Å². The molecule has 3 heteroatoms. The molecule has 0 unspecified atom stereocenters. The third-order valence-corrected chi connectivity index (χ3v) is 2.54. The highest BCUT2D eigenvalue weighted by atomic mass is 16.1. The number of hydrogen-bond acceptors (Lipinski definition) is 3. The third kappa shape index (κ3) is 3.44. The smallest absolute Gasteiger partial charge is 0.147 e. The highest BCUT2D eigenvalue weighted by Crippen LogP contribution is 2.05. The molecular formula is C10H19N2O. The molecule has 13 heavy (non-hydrogen) atoms. The molecule has 0 N–H and O–H groups in total. The molecule has 0 saturated carbocycles. The van der Waals surface area contributed by atoms with Gasteiger partial charge in [0.05, 0.1) is 6.54 Å². The van der Waals surface area contributed by atoms with E-state index in [-0.39, 0.29) is 5.78 Å². The maximum absolute atomic E-state index is 10.8.